The van der Waals surface area contributed by atoms with Crippen LogP contribution in [0.2, 0.25) is 5.02 Å². The quantitative estimate of drug-likeness (QED) is 0.707. The van der Waals surface area contributed by atoms with Crippen molar-refractivity contribution in [2.24, 2.45) is 0 Å². The molecule has 6 nitrogen and oxygen atoms in total. The minimum atomic E-state index is -0.212. The van der Waals surface area contributed by atoms with Crippen LogP contribution >= 0.6 is 22.9 Å². The molecule has 27 heavy (non-hydrogen) atoms. The number of amides is 2. The van der Waals surface area contributed by atoms with Crippen molar-refractivity contribution in [1.82, 2.24) is 14.9 Å². The van der Waals surface area contributed by atoms with Gasteiger partial charge in [0.2, 0.25) is 5.91 Å². The maximum absolute atomic E-state index is 12.3. The zero-order valence-electron chi connectivity index (χ0n) is 14.8. The Labute approximate surface area is 165 Å². The fourth-order valence-corrected chi connectivity index (χ4v) is 3.43. The lowest BCUT2D eigenvalue weighted by Gasteiger charge is -2.12. The summed E-state index contributed by atoms with van der Waals surface area (Å²) in [5.74, 6) is -0.405. The van der Waals surface area contributed by atoms with E-state index in [1.165, 1.54) is 16.2 Å². The molecule has 0 atom stereocenters. The normalized spacial score (nSPS) is 10.5. The van der Waals surface area contributed by atoms with Crippen molar-refractivity contribution in [2.45, 2.75) is 6.42 Å². The molecule has 3 rings (SSSR count). The van der Waals surface area contributed by atoms with Gasteiger partial charge in [0, 0.05) is 31.4 Å². The number of rotatable bonds is 5. The molecule has 2 amide bonds. The summed E-state index contributed by atoms with van der Waals surface area (Å²) < 4.78 is 0. The number of anilines is 1. The largest absolute Gasteiger partial charge is 0.345 e. The van der Waals surface area contributed by atoms with E-state index in [1.807, 2.05) is 23.6 Å². The second kappa shape index (κ2) is 8.28. The Bertz CT molecular complexity index is 973. The summed E-state index contributed by atoms with van der Waals surface area (Å²) in [7, 11) is 3.31. The van der Waals surface area contributed by atoms with Gasteiger partial charge in [0.1, 0.15) is 5.01 Å². The number of hydrogen-bond donors (Lipinski definition) is 1. The average molecular weight is 401 g/mol. The maximum atomic E-state index is 12.3. The summed E-state index contributed by atoms with van der Waals surface area (Å²) in [6.45, 7) is 0. The minimum absolute atomic E-state index is 0.138. The number of halogens is 1. The third-order valence-electron chi connectivity index (χ3n) is 3.67. The van der Waals surface area contributed by atoms with Crippen LogP contribution in [0.5, 0.6) is 0 Å². The zero-order chi connectivity index (χ0) is 19.4. The SMILES string of the molecule is CN(C)C(=O)c1ccc(NC(=O)Cc2csc(-c3ccccn3)n2)cc1Cl. The molecule has 2 aromatic heterocycles. The van der Waals surface area contributed by atoms with Gasteiger partial charge in [0.15, 0.2) is 0 Å². The van der Waals surface area contributed by atoms with Gasteiger partial charge in [-0.1, -0.05) is 17.7 Å². The van der Waals surface area contributed by atoms with E-state index >= 15 is 0 Å². The van der Waals surface area contributed by atoms with Crippen LogP contribution in [0.15, 0.2) is 48.0 Å². The molecule has 0 saturated heterocycles. The van der Waals surface area contributed by atoms with Crippen LogP contribution in [0.1, 0.15) is 16.1 Å². The fourth-order valence-electron chi connectivity index (χ4n) is 2.37. The van der Waals surface area contributed by atoms with Gasteiger partial charge in [-0.3, -0.25) is 14.6 Å². The number of pyridine rings is 1. The molecular weight excluding hydrogens is 384 g/mol. The third-order valence-corrected chi connectivity index (χ3v) is 4.89. The molecule has 8 heteroatoms. The highest BCUT2D eigenvalue weighted by molar-refractivity contribution is 7.13. The van der Waals surface area contributed by atoms with Gasteiger partial charge in [-0.05, 0) is 30.3 Å². The number of benzene rings is 1. The van der Waals surface area contributed by atoms with Crippen molar-refractivity contribution in [1.29, 1.82) is 0 Å². The van der Waals surface area contributed by atoms with E-state index in [1.54, 1.807) is 38.5 Å². The van der Waals surface area contributed by atoms with E-state index in [-0.39, 0.29) is 23.3 Å². The lowest BCUT2D eigenvalue weighted by atomic mass is 10.2. The number of carbonyl (C=O) groups is 2. The smallest absolute Gasteiger partial charge is 0.254 e. The molecular formula is C19H17ClN4O2S. The summed E-state index contributed by atoms with van der Waals surface area (Å²) in [5, 5.41) is 5.68. The molecule has 0 aliphatic carbocycles. The predicted octanol–water partition coefficient (Wildman–Crippen LogP) is 3.74. The van der Waals surface area contributed by atoms with Crippen molar-refractivity contribution in [3.05, 3.63) is 64.3 Å². The van der Waals surface area contributed by atoms with Gasteiger partial charge in [0.25, 0.3) is 5.91 Å². The summed E-state index contributed by atoms with van der Waals surface area (Å²) >= 11 is 7.61. The van der Waals surface area contributed by atoms with E-state index < -0.39 is 0 Å². The summed E-state index contributed by atoms with van der Waals surface area (Å²) in [5.41, 5.74) is 2.37. The van der Waals surface area contributed by atoms with Crippen LogP contribution in [-0.2, 0) is 11.2 Å². The Kier molecular flexibility index (Phi) is 5.83. The first kappa shape index (κ1) is 19.0. The Morgan fingerprint density at radius 3 is 2.70 bits per heavy atom. The second-order valence-electron chi connectivity index (χ2n) is 5.98. The van der Waals surface area contributed by atoms with Crippen molar-refractivity contribution in [2.75, 3.05) is 19.4 Å². The van der Waals surface area contributed by atoms with Crippen LogP contribution in [0.3, 0.4) is 0 Å². The number of aromatic nitrogens is 2. The number of hydrogen-bond acceptors (Lipinski definition) is 5. The Morgan fingerprint density at radius 1 is 1.22 bits per heavy atom. The highest BCUT2D eigenvalue weighted by atomic mass is 35.5. The fraction of sp³-hybridized carbons (Fsp3) is 0.158. The molecule has 0 spiro atoms. The van der Waals surface area contributed by atoms with E-state index in [0.29, 0.717) is 16.9 Å². The van der Waals surface area contributed by atoms with Gasteiger partial charge >= 0.3 is 0 Å². The van der Waals surface area contributed by atoms with Crippen LogP contribution in [0, 0.1) is 0 Å². The number of nitrogens with zero attached hydrogens (tertiary/aromatic N) is 3. The van der Waals surface area contributed by atoms with E-state index in [0.717, 1.165) is 10.7 Å². The summed E-state index contributed by atoms with van der Waals surface area (Å²) in [4.78, 5) is 34.4. The molecule has 0 unspecified atom stereocenters. The standard InChI is InChI=1S/C19H17ClN4O2S/c1-24(2)19(26)14-7-6-12(9-15(14)20)22-17(25)10-13-11-27-18(23-13)16-5-3-4-8-21-16/h3-9,11H,10H2,1-2H3,(H,22,25). The van der Waals surface area contributed by atoms with Crippen LogP contribution < -0.4 is 5.32 Å². The monoisotopic (exact) mass is 400 g/mol. The Balaban J connectivity index is 1.65. The van der Waals surface area contributed by atoms with Crippen molar-refractivity contribution in [3.8, 4) is 10.7 Å². The highest BCUT2D eigenvalue weighted by Gasteiger charge is 2.14. The summed E-state index contributed by atoms with van der Waals surface area (Å²) in [6.07, 6.45) is 1.84. The molecule has 0 aliphatic heterocycles. The molecule has 138 valence electrons. The van der Waals surface area contributed by atoms with Gasteiger partial charge in [-0.25, -0.2) is 4.98 Å². The van der Waals surface area contributed by atoms with Crippen molar-refractivity contribution in [3.63, 3.8) is 0 Å². The van der Waals surface area contributed by atoms with E-state index in [4.69, 9.17) is 11.6 Å². The summed E-state index contributed by atoms with van der Waals surface area (Å²) in [6, 6.07) is 10.4. The zero-order valence-corrected chi connectivity index (χ0v) is 16.3. The number of carbonyl (C=O) groups excluding carboxylic acids is 2. The molecule has 0 radical (unpaired) electrons. The lowest BCUT2D eigenvalue weighted by Crippen LogP contribution is -2.22. The van der Waals surface area contributed by atoms with Gasteiger partial charge < -0.3 is 10.2 Å². The molecule has 0 saturated carbocycles. The first-order valence-corrected chi connectivity index (χ1v) is 9.36. The van der Waals surface area contributed by atoms with Gasteiger partial charge in [-0.2, -0.15) is 0 Å². The van der Waals surface area contributed by atoms with E-state index in [2.05, 4.69) is 15.3 Å². The molecule has 1 aromatic carbocycles. The first-order valence-electron chi connectivity index (χ1n) is 8.11. The van der Waals surface area contributed by atoms with Crippen LogP contribution in [-0.4, -0.2) is 40.8 Å². The molecule has 1 N–H and O–H groups in total. The Morgan fingerprint density at radius 2 is 2.04 bits per heavy atom. The Hall–Kier alpha value is -2.77. The van der Waals surface area contributed by atoms with Crippen molar-refractivity contribution < 1.29 is 9.59 Å². The molecule has 2 heterocycles. The lowest BCUT2D eigenvalue weighted by molar-refractivity contribution is -0.115. The molecule has 3 aromatic rings. The van der Waals surface area contributed by atoms with Gasteiger partial charge in [-0.15, -0.1) is 11.3 Å². The number of nitrogens with one attached hydrogen (secondary N) is 1. The third kappa shape index (κ3) is 4.69. The maximum Gasteiger partial charge on any atom is 0.254 e. The van der Waals surface area contributed by atoms with Crippen LogP contribution in [0.4, 0.5) is 5.69 Å². The van der Waals surface area contributed by atoms with Crippen molar-refractivity contribution >= 4 is 40.4 Å². The first-order chi connectivity index (χ1) is 12.9. The molecule has 0 fully saturated rings. The topological polar surface area (TPSA) is 75.2 Å². The minimum Gasteiger partial charge on any atom is -0.345 e. The van der Waals surface area contributed by atoms with Gasteiger partial charge in [0.05, 0.1) is 28.4 Å². The highest BCUT2D eigenvalue weighted by Crippen LogP contribution is 2.23. The predicted molar refractivity (Wildman–Crippen MR) is 107 cm³/mol. The molecule has 0 aliphatic rings. The van der Waals surface area contributed by atoms with E-state index in [9.17, 15) is 9.59 Å². The number of thiazole rings is 1. The molecule has 0 bridgehead atoms. The second-order valence-corrected chi connectivity index (χ2v) is 7.24. The van der Waals surface area contributed by atoms with Crippen LogP contribution in [0.25, 0.3) is 10.7 Å². The average Bonchev–Trinajstić information content (AvgIpc) is 3.10.